The zero-order chi connectivity index (χ0) is 19.1. The molecule has 0 spiro atoms. The number of nitrogens with zero attached hydrogens (tertiary/aromatic N) is 1. The number of nitrogens with one attached hydrogen (secondary N) is 1. The van der Waals surface area contributed by atoms with Crippen LogP contribution in [0.1, 0.15) is 24.0 Å². The number of carbonyl (C=O) groups is 1. The van der Waals surface area contributed by atoms with Crippen LogP contribution in [0.25, 0.3) is 10.9 Å². The molecule has 0 bridgehead atoms. The van der Waals surface area contributed by atoms with Crippen molar-refractivity contribution < 1.29 is 9.53 Å². The highest BCUT2D eigenvalue weighted by atomic mass is 16.5. The minimum Gasteiger partial charge on any atom is -0.490 e. The lowest BCUT2D eigenvalue weighted by molar-refractivity contribution is -0.130. The molecule has 0 radical (unpaired) electrons. The quantitative estimate of drug-likeness (QED) is 0.560. The number of para-hydroxylation sites is 1. The molecule has 1 heterocycles. The maximum atomic E-state index is 12.4. The smallest absolute Gasteiger partial charge is 0.222 e. The highest BCUT2D eigenvalue weighted by Gasteiger charge is 2.10. The Bertz CT molecular complexity index is 896. The normalized spacial score (nSPS) is 10.7. The Hall–Kier alpha value is -3.01. The molecule has 0 unspecified atom stereocenters. The van der Waals surface area contributed by atoms with E-state index in [1.165, 1.54) is 10.9 Å². The minimum absolute atomic E-state index is 0.168. The number of benzene rings is 2. The van der Waals surface area contributed by atoms with Crippen molar-refractivity contribution in [1.29, 1.82) is 0 Å². The number of fused-ring (bicyclic) bond motifs is 1. The van der Waals surface area contributed by atoms with Crippen LogP contribution in [0.3, 0.4) is 0 Å². The van der Waals surface area contributed by atoms with Gasteiger partial charge in [-0.15, -0.1) is 0 Å². The summed E-state index contributed by atoms with van der Waals surface area (Å²) in [6, 6.07) is 16.1. The average molecular weight is 362 g/mol. The van der Waals surface area contributed by atoms with E-state index >= 15 is 0 Å². The van der Waals surface area contributed by atoms with E-state index in [2.05, 4.69) is 29.9 Å². The van der Waals surface area contributed by atoms with E-state index in [0.29, 0.717) is 19.6 Å². The Morgan fingerprint density at radius 3 is 2.74 bits per heavy atom. The number of rotatable bonds is 9. The molecule has 0 aliphatic carbocycles. The summed E-state index contributed by atoms with van der Waals surface area (Å²) in [7, 11) is 1.86. The molecule has 4 heteroatoms. The zero-order valence-electron chi connectivity index (χ0n) is 15.8. The van der Waals surface area contributed by atoms with Crippen LogP contribution >= 0.6 is 0 Å². The zero-order valence-corrected chi connectivity index (χ0v) is 15.8. The molecular weight excluding hydrogens is 336 g/mol. The first kappa shape index (κ1) is 18.8. The molecule has 1 amide bonds. The number of hydrogen-bond donors (Lipinski definition) is 1. The number of carbonyl (C=O) groups excluding carboxylic acids is 1. The lowest BCUT2D eigenvalue weighted by atomic mass is 10.1. The number of aromatic nitrogens is 1. The molecule has 0 saturated carbocycles. The minimum atomic E-state index is 0.168. The van der Waals surface area contributed by atoms with Crippen LogP contribution < -0.4 is 4.74 Å². The molecular formula is C23H26N2O2. The molecule has 3 aromatic rings. The molecule has 0 saturated heterocycles. The topological polar surface area (TPSA) is 45.3 Å². The van der Waals surface area contributed by atoms with Crippen LogP contribution in [0, 0.1) is 0 Å². The molecule has 140 valence electrons. The number of aromatic amines is 1. The number of H-pyrrole nitrogens is 1. The van der Waals surface area contributed by atoms with Crippen molar-refractivity contribution in [2.75, 3.05) is 13.7 Å². The van der Waals surface area contributed by atoms with Gasteiger partial charge in [0.25, 0.3) is 0 Å². The number of ether oxygens (including phenoxy) is 1. The fourth-order valence-electron chi connectivity index (χ4n) is 3.17. The second-order valence-corrected chi connectivity index (χ2v) is 6.71. The SMILES string of the molecule is C=CCOc1ccc(CN(C)C(=O)CCCc2c[nH]c3ccccc23)cc1. The highest BCUT2D eigenvalue weighted by Crippen LogP contribution is 2.20. The molecule has 1 N–H and O–H groups in total. The summed E-state index contributed by atoms with van der Waals surface area (Å²) in [4.78, 5) is 17.5. The summed E-state index contributed by atoms with van der Waals surface area (Å²) in [5, 5.41) is 1.25. The van der Waals surface area contributed by atoms with Crippen molar-refractivity contribution in [3.63, 3.8) is 0 Å². The maximum Gasteiger partial charge on any atom is 0.222 e. The first-order chi connectivity index (χ1) is 13.2. The maximum absolute atomic E-state index is 12.4. The van der Waals surface area contributed by atoms with Gasteiger partial charge >= 0.3 is 0 Å². The van der Waals surface area contributed by atoms with E-state index in [0.717, 1.165) is 29.7 Å². The summed E-state index contributed by atoms with van der Waals surface area (Å²) in [5.74, 6) is 0.980. The van der Waals surface area contributed by atoms with Crippen LogP contribution in [-0.4, -0.2) is 29.4 Å². The molecule has 4 nitrogen and oxygen atoms in total. The largest absolute Gasteiger partial charge is 0.490 e. The Balaban J connectivity index is 1.47. The second-order valence-electron chi connectivity index (χ2n) is 6.71. The van der Waals surface area contributed by atoms with Crippen molar-refractivity contribution in [2.24, 2.45) is 0 Å². The van der Waals surface area contributed by atoms with Gasteiger partial charge in [-0.3, -0.25) is 4.79 Å². The van der Waals surface area contributed by atoms with Gasteiger partial charge in [0.15, 0.2) is 0 Å². The van der Waals surface area contributed by atoms with Crippen LogP contribution in [0.5, 0.6) is 5.75 Å². The summed E-state index contributed by atoms with van der Waals surface area (Å²) in [5.41, 5.74) is 3.51. The number of hydrogen-bond acceptors (Lipinski definition) is 2. The monoisotopic (exact) mass is 362 g/mol. The van der Waals surface area contributed by atoms with Crippen molar-refractivity contribution >= 4 is 16.8 Å². The van der Waals surface area contributed by atoms with Crippen molar-refractivity contribution in [3.05, 3.63) is 78.5 Å². The van der Waals surface area contributed by atoms with E-state index in [-0.39, 0.29) is 5.91 Å². The van der Waals surface area contributed by atoms with Gasteiger partial charge in [0.2, 0.25) is 5.91 Å². The van der Waals surface area contributed by atoms with Crippen molar-refractivity contribution in [2.45, 2.75) is 25.8 Å². The summed E-state index contributed by atoms with van der Waals surface area (Å²) in [6.45, 7) is 4.74. The van der Waals surface area contributed by atoms with E-state index in [4.69, 9.17) is 4.74 Å². The lowest BCUT2D eigenvalue weighted by Crippen LogP contribution is -2.25. The standard InChI is InChI=1S/C23H26N2O2/c1-3-15-27-20-13-11-18(12-14-20)17-25(2)23(26)10-6-7-19-16-24-22-9-5-4-8-21(19)22/h3-5,8-9,11-14,16,24H,1,6-7,10,15,17H2,2H3. The highest BCUT2D eigenvalue weighted by molar-refractivity contribution is 5.83. The van der Waals surface area contributed by atoms with Gasteiger partial charge in [0.1, 0.15) is 12.4 Å². The van der Waals surface area contributed by atoms with Gasteiger partial charge in [-0.2, -0.15) is 0 Å². The van der Waals surface area contributed by atoms with Crippen LogP contribution in [0.2, 0.25) is 0 Å². The molecule has 2 aromatic carbocycles. The second kappa shape index (κ2) is 9.08. The van der Waals surface area contributed by atoms with E-state index in [9.17, 15) is 4.79 Å². The lowest BCUT2D eigenvalue weighted by Gasteiger charge is -2.17. The predicted molar refractivity (Wildman–Crippen MR) is 110 cm³/mol. The third-order valence-electron chi connectivity index (χ3n) is 4.65. The summed E-state index contributed by atoms with van der Waals surface area (Å²) >= 11 is 0. The van der Waals surface area contributed by atoms with E-state index in [1.807, 2.05) is 43.4 Å². The Labute approximate surface area is 160 Å². The van der Waals surface area contributed by atoms with Crippen molar-refractivity contribution in [3.8, 4) is 5.75 Å². The molecule has 0 aliphatic heterocycles. The Kier molecular flexibility index (Phi) is 6.31. The van der Waals surface area contributed by atoms with Gasteiger partial charge in [-0.05, 0) is 42.2 Å². The van der Waals surface area contributed by atoms with Gasteiger partial charge < -0.3 is 14.6 Å². The van der Waals surface area contributed by atoms with E-state index < -0.39 is 0 Å². The van der Waals surface area contributed by atoms with Gasteiger partial charge in [-0.1, -0.05) is 43.0 Å². The Morgan fingerprint density at radius 1 is 1.19 bits per heavy atom. The summed E-state index contributed by atoms with van der Waals surface area (Å²) < 4.78 is 5.48. The van der Waals surface area contributed by atoms with Crippen LogP contribution in [0.4, 0.5) is 0 Å². The fourth-order valence-corrected chi connectivity index (χ4v) is 3.17. The molecule has 3 rings (SSSR count). The first-order valence-electron chi connectivity index (χ1n) is 9.29. The van der Waals surface area contributed by atoms with Crippen LogP contribution in [-0.2, 0) is 17.8 Å². The summed E-state index contributed by atoms with van der Waals surface area (Å²) in [6.07, 6.45) is 6.07. The molecule has 1 aromatic heterocycles. The third-order valence-corrected chi connectivity index (χ3v) is 4.65. The van der Waals surface area contributed by atoms with Gasteiger partial charge in [-0.25, -0.2) is 0 Å². The van der Waals surface area contributed by atoms with Crippen molar-refractivity contribution in [1.82, 2.24) is 9.88 Å². The van der Waals surface area contributed by atoms with Crippen LogP contribution in [0.15, 0.2) is 67.4 Å². The average Bonchev–Trinajstić information content (AvgIpc) is 3.10. The predicted octanol–water partition coefficient (Wildman–Crippen LogP) is 4.71. The van der Waals surface area contributed by atoms with Gasteiger partial charge in [0, 0.05) is 37.1 Å². The van der Waals surface area contributed by atoms with E-state index in [1.54, 1.807) is 11.0 Å². The fraction of sp³-hybridized carbons (Fsp3) is 0.261. The third kappa shape index (κ3) is 5.00. The molecule has 0 fully saturated rings. The molecule has 0 aliphatic rings. The number of aryl methyl sites for hydroxylation is 1. The molecule has 27 heavy (non-hydrogen) atoms. The number of amides is 1. The molecule has 0 atom stereocenters. The first-order valence-corrected chi connectivity index (χ1v) is 9.29. The Morgan fingerprint density at radius 2 is 1.96 bits per heavy atom. The van der Waals surface area contributed by atoms with Gasteiger partial charge in [0.05, 0.1) is 0 Å².